The lowest BCUT2D eigenvalue weighted by Gasteiger charge is -2.09. The van der Waals surface area contributed by atoms with E-state index in [9.17, 15) is 9.59 Å². The molecule has 2 aromatic rings. The van der Waals surface area contributed by atoms with Crippen LogP contribution in [0.25, 0.3) is 10.9 Å². The summed E-state index contributed by atoms with van der Waals surface area (Å²) in [5.74, 6) is -1.51. The fraction of sp³-hybridized carbons (Fsp3) is 0.167. The number of carboxylic acid groups (broad SMARTS) is 1. The van der Waals surface area contributed by atoms with E-state index in [0.29, 0.717) is 10.9 Å². The van der Waals surface area contributed by atoms with Crippen LogP contribution >= 0.6 is 0 Å². The van der Waals surface area contributed by atoms with Gasteiger partial charge >= 0.3 is 5.97 Å². The normalized spacial score (nSPS) is 10.2. The first-order valence-electron chi connectivity index (χ1n) is 5.43. The van der Waals surface area contributed by atoms with Crippen molar-refractivity contribution in [3.63, 3.8) is 0 Å². The van der Waals surface area contributed by atoms with Crippen molar-refractivity contribution in [1.82, 2.24) is 15.5 Å². The number of nitrogens with zero attached hydrogens (tertiary/aromatic N) is 2. The van der Waals surface area contributed by atoms with Crippen LogP contribution in [0.3, 0.4) is 0 Å². The molecule has 0 aliphatic heterocycles. The third-order valence-electron chi connectivity index (χ3n) is 2.44. The third kappa shape index (κ3) is 2.59. The Labute approximate surface area is 108 Å². The SMILES string of the molecule is COc1c(C(=O)NCC(=O)O)nnc2ccccc12. The molecule has 0 aliphatic rings. The zero-order valence-electron chi connectivity index (χ0n) is 10.1. The van der Waals surface area contributed by atoms with Crippen LogP contribution in [-0.2, 0) is 4.79 Å². The highest BCUT2D eigenvalue weighted by atomic mass is 16.5. The minimum Gasteiger partial charge on any atom is -0.493 e. The lowest BCUT2D eigenvalue weighted by Crippen LogP contribution is -2.30. The van der Waals surface area contributed by atoms with Crippen molar-refractivity contribution in [3.05, 3.63) is 30.0 Å². The van der Waals surface area contributed by atoms with E-state index in [1.807, 2.05) is 0 Å². The Balaban J connectivity index is 2.43. The van der Waals surface area contributed by atoms with Crippen molar-refractivity contribution in [3.8, 4) is 5.75 Å². The van der Waals surface area contributed by atoms with E-state index < -0.39 is 18.4 Å². The van der Waals surface area contributed by atoms with Gasteiger partial charge < -0.3 is 15.2 Å². The number of ether oxygens (including phenoxy) is 1. The molecule has 19 heavy (non-hydrogen) atoms. The van der Waals surface area contributed by atoms with E-state index in [2.05, 4.69) is 15.5 Å². The Morgan fingerprint density at radius 1 is 1.32 bits per heavy atom. The second-order valence-electron chi connectivity index (χ2n) is 3.68. The van der Waals surface area contributed by atoms with Gasteiger partial charge in [0.1, 0.15) is 6.54 Å². The molecule has 2 N–H and O–H groups in total. The minimum absolute atomic E-state index is 0.0394. The predicted octanol–water partition coefficient (Wildman–Crippen LogP) is 0.453. The largest absolute Gasteiger partial charge is 0.493 e. The van der Waals surface area contributed by atoms with Gasteiger partial charge in [0, 0.05) is 5.39 Å². The highest BCUT2D eigenvalue weighted by molar-refractivity contribution is 6.01. The Morgan fingerprint density at radius 2 is 2.05 bits per heavy atom. The second kappa shape index (κ2) is 5.30. The molecule has 1 aromatic carbocycles. The van der Waals surface area contributed by atoms with Crippen LogP contribution < -0.4 is 10.1 Å². The number of amides is 1. The molecule has 2 rings (SSSR count). The fourth-order valence-corrected chi connectivity index (χ4v) is 1.62. The third-order valence-corrected chi connectivity index (χ3v) is 2.44. The molecular formula is C12H11N3O4. The number of carbonyl (C=O) groups is 2. The lowest BCUT2D eigenvalue weighted by atomic mass is 10.2. The standard InChI is InChI=1S/C12H11N3O4/c1-19-11-7-4-2-3-5-8(7)14-15-10(11)12(18)13-6-9(16)17/h2-5H,6H2,1H3,(H,13,18)(H,16,17). The summed E-state index contributed by atoms with van der Waals surface area (Å²) in [5, 5.41) is 19.1. The fourth-order valence-electron chi connectivity index (χ4n) is 1.62. The molecule has 0 bridgehead atoms. The summed E-state index contributed by atoms with van der Waals surface area (Å²) in [5.41, 5.74) is 0.552. The average Bonchev–Trinajstić information content (AvgIpc) is 2.43. The van der Waals surface area contributed by atoms with Gasteiger partial charge in [0.25, 0.3) is 5.91 Å². The molecule has 1 aromatic heterocycles. The van der Waals surface area contributed by atoms with E-state index in [0.717, 1.165) is 0 Å². The highest BCUT2D eigenvalue weighted by Crippen LogP contribution is 2.26. The number of benzene rings is 1. The van der Waals surface area contributed by atoms with Gasteiger partial charge in [-0.25, -0.2) is 0 Å². The van der Waals surface area contributed by atoms with Crippen LogP contribution in [-0.4, -0.2) is 40.8 Å². The molecule has 0 radical (unpaired) electrons. The summed E-state index contributed by atoms with van der Waals surface area (Å²) in [7, 11) is 1.41. The zero-order chi connectivity index (χ0) is 13.8. The number of aliphatic carboxylic acids is 1. The molecule has 0 fully saturated rings. The number of carboxylic acids is 1. The van der Waals surface area contributed by atoms with E-state index in [-0.39, 0.29) is 11.4 Å². The quantitative estimate of drug-likeness (QED) is 0.828. The molecule has 1 heterocycles. The molecule has 7 heteroatoms. The number of carbonyl (C=O) groups excluding carboxylic acids is 1. The Kier molecular flexibility index (Phi) is 3.56. The van der Waals surface area contributed by atoms with Gasteiger partial charge in [-0.05, 0) is 12.1 Å². The summed E-state index contributed by atoms with van der Waals surface area (Å²) < 4.78 is 5.18. The highest BCUT2D eigenvalue weighted by Gasteiger charge is 2.18. The maximum atomic E-state index is 11.8. The first-order valence-corrected chi connectivity index (χ1v) is 5.43. The molecule has 0 unspecified atom stereocenters. The van der Waals surface area contributed by atoms with Crippen LogP contribution in [0.5, 0.6) is 5.75 Å². The molecule has 0 atom stereocenters. The Hall–Kier alpha value is -2.70. The first-order chi connectivity index (χ1) is 9.13. The molecule has 0 aliphatic carbocycles. The molecule has 7 nitrogen and oxygen atoms in total. The average molecular weight is 261 g/mol. The van der Waals surface area contributed by atoms with Crippen LogP contribution in [0.1, 0.15) is 10.5 Å². The molecule has 98 valence electrons. The molecule has 0 spiro atoms. The molecule has 0 saturated heterocycles. The Morgan fingerprint density at radius 3 is 2.74 bits per heavy atom. The number of rotatable bonds is 4. The second-order valence-corrected chi connectivity index (χ2v) is 3.68. The van der Waals surface area contributed by atoms with Crippen molar-refractivity contribution < 1.29 is 19.4 Å². The number of methoxy groups -OCH3 is 1. The zero-order valence-corrected chi connectivity index (χ0v) is 10.1. The van der Waals surface area contributed by atoms with Crippen molar-refractivity contribution in [2.24, 2.45) is 0 Å². The summed E-state index contributed by atoms with van der Waals surface area (Å²) >= 11 is 0. The molecule has 0 saturated carbocycles. The monoisotopic (exact) mass is 261 g/mol. The summed E-state index contributed by atoms with van der Waals surface area (Å²) in [6, 6.07) is 7.06. The van der Waals surface area contributed by atoms with Crippen LogP contribution in [0, 0.1) is 0 Å². The van der Waals surface area contributed by atoms with E-state index in [1.165, 1.54) is 7.11 Å². The summed E-state index contributed by atoms with van der Waals surface area (Å²) in [6.07, 6.45) is 0. The van der Waals surface area contributed by atoms with Gasteiger partial charge in [0.15, 0.2) is 11.4 Å². The van der Waals surface area contributed by atoms with Crippen molar-refractivity contribution in [2.45, 2.75) is 0 Å². The Bertz CT molecular complexity index is 642. The van der Waals surface area contributed by atoms with Gasteiger partial charge in [0.05, 0.1) is 12.6 Å². The van der Waals surface area contributed by atoms with Gasteiger partial charge in [-0.1, -0.05) is 12.1 Å². The maximum absolute atomic E-state index is 11.8. The molecule has 1 amide bonds. The van der Waals surface area contributed by atoms with Crippen molar-refractivity contribution in [1.29, 1.82) is 0 Å². The van der Waals surface area contributed by atoms with E-state index >= 15 is 0 Å². The maximum Gasteiger partial charge on any atom is 0.322 e. The van der Waals surface area contributed by atoms with Crippen LogP contribution in [0.2, 0.25) is 0 Å². The minimum atomic E-state index is -1.14. The van der Waals surface area contributed by atoms with Crippen molar-refractivity contribution >= 4 is 22.8 Å². The van der Waals surface area contributed by atoms with Gasteiger partial charge in [0.2, 0.25) is 0 Å². The van der Waals surface area contributed by atoms with Crippen molar-refractivity contribution in [2.75, 3.05) is 13.7 Å². The van der Waals surface area contributed by atoms with Crippen LogP contribution in [0.15, 0.2) is 24.3 Å². The molecular weight excluding hydrogens is 250 g/mol. The number of fused-ring (bicyclic) bond motifs is 1. The van der Waals surface area contributed by atoms with E-state index in [4.69, 9.17) is 9.84 Å². The van der Waals surface area contributed by atoms with E-state index in [1.54, 1.807) is 24.3 Å². The topological polar surface area (TPSA) is 101 Å². The number of nitrogens with one attached hydrogen (secondary N) is 1. The lowest BCUT2D eigenvalue weighted by molar-refractivity contribution is -0.135. The number of aromatic nitrogens is 2. The van der Waals surface area contributed by atoms with Crippen LogP contribution in [0.4, 0.5) is 0 Å². The smallest absolute Gasteiger partial charge is 0.322 e. The summed E-state index contributed by atoms with van der Waals surface area (Å²) in [4.78, 5) is 22.2. The van der Waals surface area contributed by atoms with Gasteiger partial charge in [-0.2, -0.15) is 0 Å². The van der Waals surface area contributed by atoms with Gasteiger partial charge in [-0.3, -0.25) is 9.59 Å². The van der Waals surface area contributed by atoms with Gasteiger partial charge in [-0.15, -0.1) is 10.2 Å². The summed E-state index contributed by atoms with van der Waals surface area (Å²) in [6.45, 7) is -0.490. The number of hydrogen-bond donors (Lipinski definition) is 2. The predicted molar refractivity (Wildman–Crippen MR) is 66.1 cm³/mol. The first kappa shape index (κ1) is 12.7. The number of hydrogen-bond acceptors (Lipinski definition) is 5.